The highest BCUT2D eigenvalue weighted by Gasteiger charge is 2.36. The minimum Gasteiger partial charge on any atom is -0.391 e. The number of pyridine rings is 1. The van der Waals surface area contributed by atoms with Crippen LogP contribution in [0.1, 0.15) is 38.9 Å². The maximum Gasteiger partial charge on any atom is 0.267 e. The predicted octanol–water partition coefficient (Wildman–Crippen LogP) is 1.41. The van der Waals surface area contributed by atoms with Crippen LogP contribution in [0.25, 0.3) is 0 Å². The number of carbonyl (C=O) groups is 2. The summed E-state index contributed by atoms with van der Waals surface area (Å²) in [4.78, 5) is 28.9. The van der Waals surface area contributed by atoms with Crippen LogP contribution in [-0.4, -0.2) is 39.5 Å². The van der Waals surface area contributed by atoms with Gasteiger partial charge in [0.15, 0.2) is 11.6 Å². The molecule has 1 aliphatic heterocycles. The predicted molar refractivity (Wildman–Crippen MR) is 83.5 cm³/mol. The zero-order valence-electron chi connectivity index (χ0n) is 13.0. The number of primary amides is 1. The Bertz CT molecular complexity index is 826. The van der Waals surface area contributed by atoms with Gasteiger partial charge in [-0.2, -0.15) is 0 Å². The van der Waals surface area contributed by atoms with E-state index in [0.29, 0.717) is 5.56 Å². The first kappa shape index (κ1) is 17.0. The quantitative estimate of drug-likeness (QED) is 0.877. The summed E-state index contributed by atoms with van der Waals surface area (Å²) in [7, 11) is 0. The summed E-state index contributed by atoms with van der Waals surface area (Å²) < 4.78 is 26.6. The third-order valence-electron chi connectivity index (χ3n) is 4.13. The van der Waals surface area contributed by atoms with Crippen molar-refractivity contribution in [2.45, 2.75) is 18.6 Å². The minimum atomic E-state index is -1.02. The standard InChI is InChI=1S/C17H15F2N3O3/c18-12-3-1-9(5-13(12)19)15-6-11(23)8-22(15)17(25)10-2-4-14(16(20)24)21-7-10/h1-5,7,11,15,23H,6,8H2,(H2,20,24). The fraction of sp³-hybridized carbons (Fsp3) is 0.235. The number of aliphatic hydroxyl groups excluding tert-OH is 1. The smallest absolute Gasteiger partial charge is 0.267 e. The van der Waals surface area contributed by atoms with Crippen LogP contribution in [0.5, 0.6) is 0 Å². The van der Waals surface area contributed by atoms with E-state index < -0.39 is 35.6 Å². The molecule has 0 spiro atoms. The second-order valence-electron chi connectivity index (χ2n) is 5.83. The van der Waals surface area contributed by atoms with Crippen molar-refractivity contribution in [3.05, 3.63) is 65.0 Å². The van der Waals surface area contributed by atoms with E-state index in [9.17, 15) is 23.5 Å². The van der Waals surface area contributed by atoms with E-state index in [4.69, 9.17) is 5.73 Å². The molecule has 130 valence electrons. The molecule has 0 bridgehead atoms. The number of β-amino-alcohol motifs (C(OH)–C–C–N with tert-alkyl or cyclic N) is 1. The number of aliphatic hydroxyl groups is 1. The number of benzene rings is 1. The molecule has 1 saturated heterocycles. The van der Waals surface area contributed by atoms with E-state index in [-0.39, 0.29) is 24.2 Å². The fourth-order valence-corrected chi connectivity index (χ4v) is 2.91. The molecule has 2 unspecified atom stereocenters. The van der Waals surface area contributed by atoms with Crippen molar-refractivity contribution in [1.82, 2.24) is 9.88 Å². The molecule has 1 aromatic heterocycles. The largest absolute Gasteiger partial charge is 0.391 e. The number of carbonyl (C=O) groups excluding carboxylic acids is 2. The fourth-order valence-electron chi connectivity index (χ4n) is 2.91. The van der Waals surface area contributed by atoms with Gasteiger partial charge in [0.25, 0.3) is 11.8 Å². The highest BCUT2D eigenvalue weighted by Crippen LogP contribution is 2.34. The van der Waals surface area contributed by atoms with Gasteiger partial charge in [-0.05, 0) is 36.2 Å². The Morgan fingerprint density at radius 2 is 1.96 bits per heavy atom. The summed E-state index contributed by atoms with van der Waals surface area (Å²) in [6, 6.07) is 5.54. The molecule has 0 aliphatic carbocycles. The van der Waals surface area contributed by atoms with Gasteiger partial charge in [-0.25, -0.2) is 8.78 Å². The maximum absolute atomic E-state index is 13.5. The number of halogens is 2. The average molecular weight is 347 g/mol. The average Bonchev–Trinajstić information content (AvgIpc) is 2.98. The Labute approximate surface area is 141 Å². The Kier molecular flexibility index (Phi) is 4.45. The molecular formula is C17H15F2N3O3. The zero-order chi connectivity index (χ0) is 18.1. The van der Waals surface area contributed by atoms with E-state index in [1.165, 1.54) is 29.3 Å². The van der Waals surface area contributed by atoms with E-state index in [0.717, 1.165) is 12.1 Å². The molecule has 1 fully saturated rings. The normalized spacial score (nSPS) is 19.9. The van der Waals surface area contributed by atoms with Crippen molar-refractivity contribution >= 4 is 11.8 Å². The summed E-state index contributed by atoms with van der Waals surface area (Å²) in [5, 5.41) is 9.93. The summed E-state index contributed by atoms with van der Waals surface area (Å²) in [5.41, 5.74) is 5.73. The molecule has 2 heterocycles. The number of hydrogen-bond donors (Lipinski definition) is 2. The molecule has 2 atom stereocenters. The molecule has 8 heteroatoms. The molecule has 1 aliphatic rings. The molecule has 3 rings (SSSR count). The van der Waals surface area contributed by atoms with Gasteiger partial charge >= 0.3 is 0 Å². The number of rotatable bonds is 3. The maximum atomic E-state index is 13.5. The van der Waals surface area contributed by atoms with Gasteiger partial charge in [0.2, 0.25) is 0 Å². The van der Waals surface area contributed by atoms with Crippen LogP contribution in [0.2, 0.25) is 0 Å². The van der Waals surface area contributed by atoms with Crippen molar-refractivity contribution in [2.24, 2.45) is 5.73 Å². The van der Waals surface area contributed by atoms with Crippen molar-refractivity contribution in [3.8, 4) is 0 Å². The lowest BCUT2D eigenvalue weighted by molar-refractivity contribution is 0.0714. The van der Waals surface area contributed by atoms with Gasteiger partial charge < -0.3 is 15.7 Å². The van der Waals surface area contributed by atoms with Crippen molar-refractivity contribution in [1.29, 1.82) is 0 Å². The first-order valence-electron chi connectivity index (χ1n) is 7.56. The Hall–Kier alpha value is -2.87. The SMILES string of the molecule is NC(=O)c1ccc(C(=O)N2CC(O)CC2c2ccc(F)c(F)c2)cn1. The monoisotopic (exact) mass is 347 g/mol. The molecule has 0 saturated carbocycles. The van der Waals surface area contributed by atoms with Gasteiger partial charge in [-0.15, -0.1) is 0 Å². The molecule has 2 aromatic rings. The molecule has 25 heavy (non-hydrogen) atoms. The number of aromatic nitrogens is 1. The first-order chi connectivity index (χ1) is 11.9. The van der Waals surface area contributed by atoms with Gasteiger partial charge in [0.05, 0.1) is 17.7 Å². The third-order valence-corrected chi connectivity index (χ3v) is 4.13. The number of nitrogens with zero attached hydrogens (tertiary/aromatic N) is 2. The minimum absolute atomic E-state index is 0.0233. The lowest BCUT2D eigenvalue weighted by Gasteiger charge is -2.25. The van der Waals surface area contributed by atoms with Crippen LogP contribution in [-0.2, 0) is 0 Å². The number of likely N-dealkylation sites (tertiary alicyclic amines) is 1. The topological polar surface area (TPSA) is 96.5 Å². The number of amides is 2. The molecule has 1 aromatic carbocycles. The van der Waals surface area contributed by atoms with Crippen LogP contribution in [0.15, 0.2) is 36.5 Å². The molecular weight excluding hydrogens is 332 g/mol. The van der Waals surface area contributed by atoms with Crippen LogP contribution in [0.3, 0.4) is 0 Å². The number of hydrogen-bond acceptors (Lipinski definition) is 4. The lowest BCUT2D eigenvalue weighted by Crippen LogP contribution is -2.32. The summed E-state index contributed by atoms with van der Waals surface area (Å²) in [6.07, 6.45) is 0.652. The van der Waals surface area contributed by atoms with Crippen molar-refractivity contribution in [2.75, 3.05) is 6.54 Å². The van der Waals surface area contributed by atoms with E-state index in [2.05, 4.69) is 4.98 Å². The first-order valence-corrected chi connectivity index (χ1v) is 7.56. The zero-order valence-corrected chi connectivity index (χ0v) is 13.0. The van der Waals surface area contributed by atoms with Gasteiger partial charge in [0.1, 0.15) is 5.69 Å². The second kappa shape index (κ2) is 6.56. The Balaban J connectivity index is 1.89. The molecule has 6 nitrogen and oxygen atoms in total. The number of nitrogens with two attached hydrogens (primary N) is 1. The highest BCUT2D eigenvalue weighted by atomic mass is 19.2. The summed E-state index contributed by atoms with van der Waals surface area (Å²) in [6.45, 7) is 0.0556. The van der Waals surface area contributed by atoms with Crippen LogP contribution < -0.4 is 5.73 Å². The van der Waals surface area contributed by atoms with E-state index >= 15 is 0 Å². The summed E-state index contributed by atoms with van der Waals surface area (Å²) >= 11 is 0. The van der Waals surface area contributed by atoms with Crippen LogP contribution in [0.4, 0.5) is 8.78 Å². The van der Waals surface area contributed by atoms with Gasteiger partial charge in [0, 0.05) is 12.7 Å². The highest BCUT2D eigenvalue weighted by molar-refractivity contribution is 5.96. The van der Waals surface area contributed by atoms with Gasteiger partial charge in [-0.1, -0.05) is 6.07 Å². The second-order valence-corrected chi connectivity index (χ2v) is 5.83. The van der Waals surface area contributed by atoms with E-state index in [1.807, 2.05) is 0 Å². The lowest BCUT2D eigenvalue weighted by atomic mass is 10.0. The third kappa shape index (κ3) is 3.34. The van der Waals surface area contributed by atoms with Gasteiger partial charge in [-0.3, -0.25) is 14.6 Å². The Morgan fingerprint density at radius 1 is 1.20 bits per heavy atom. The molecule has 3 N–H and O–H groups in total. The molecule has 0 radical (unpaired) electrons. The van der Waals surface area contributed by atoms with Crippen LogP contribution in [0, 0.1) is 11.6 Å². The summed E-state index contributed by atoms with van der Waals surface area (Å²) in [5.74, 6) is -3.14. The van der Waals surface area contributed by atoms with Crippen LogP contribution >= 0.6 is 0 Å². The molecule has 2 amide bonds. The van der Waals surface area contributed by atoms with Crippen molar-refractivity contribution < 1.29 is 23.5 Å². The van der Waals surface area contributed by atoms with Crippen molar-refractivity contribution in [3.63, 3.8) is 0 Å². The Morgan fingerprint density at radius 3 is 2.56 bits per heavy atom. The van der Waals surface area contributed by atoms with E-state index in [1.54, 1.807) is 0 Å².